The normalized spacial score (nSPS) is 17.7. The molecule has 0 radical (unpaired) electrons. The first-order valence-corrected chi connectivity index (χ1v) is 18.5. The zero-order valence-corrected chi connectivity index (χ0v) is 32.6. The number of anilines is 3. The van der Waals surface area contributed by atoms with Crippen molar-refractivity contribution in [3.63, 3.8) is 0 Å². The Morgan fingerprint density at radius 2 is 1.15 bits per heavy atom. The molecule has 2 aliphatic heterocycles. The number of nitrogen functional groups attached to an aromatic ring is 1. The van der Waals surface area contributed by atoms with E-state index in [-0.39, 0.29) is 47.0 Å². The SMILES string of the molecule is CNC(=O)CN1CCN(c2ncc(Cl)cc2N)C(c2ccc(Cl)cc2)C1.CNC(=O)CN1CCN(c2ncc(Cl)cc2[N+](=O)[O-])C(c2ccc(Cl)cc2)C1. The second-order valence-corrected chi connectivity index (χ2v) is 14.4. The molecular weight excluding hydrogens is 778 g/mol. The van der Waals surface area contributed by atoms with E-state index in [0.29, 0.717) is 65.8 Å². The predicted octanol–water partition coefficient (Wildman–Crippen LogP) is 5.49. The summed E-state index contributed by atoms with van der Waals surface area (Å²) in [6, 6.07) is 17.8. The van der Waals surface area contributed by atoms with Crippen molar-refractivity contribution in [2.24, 2.45) is 0 Å². The molecule has 286 valence electrons. The molecule has 2 atom stereocenters. The van der Waals surface area contributed by atoms with Crippen LogP contribution in [0.4, 0.5) is 23.0 Å². The highest BCUT2D eigenvalue weighted by atomic mass is 35.5. The summed E-state index contributed by atoms with van der Waals surface area (Å²) in [5.41, 5.74) is 8.58. The number of hydrogen-bond acceptors (Lipinski definition) is 11. The van der Waals surface area contributed by atoms with Gasteiger partial charge in [-0.1, -0.05) is 70.7 Å². The Bertz CT molecular complexity index is 1940. The summed E-state index contributed by atoms with van der Waals surface area (Å²) < 4.78 is 0. The van der Waals surface area contributed by atoms with Gasteiger partial charge in [-0.3, -0.25) is 29.5 Å². The number of amides is 2. The molecule has 4 aromatic rings. The molecule has 2 amide bonds. The van der Waals surface area contributed by atoms with Crippen molar-refractivity contribution in [3.8, 4) is 0 Å². The number of rotatable bonds is 9. The first kappa shape index (κ1) is 40.7. The summed E-state index contributed by atoms with van der Waals surface area (Å²) in [7, 11) is 3.24. The van der Waals surface area contributed by atoms with Crippen molar-refractivity contribution >= 4 is 81.2 Å². The number of aromatic nitrogens is 2. The number of nitro groups is 1. The van der Waals surface area contributed by atoms with Gasteiger partial charge in [0.2, 0.25) is 17.6 Å². The van der Waals surface area contributed by atoms with Crippen LogP contribution in [0.5, 0.6) is 0 Å². The van der Waals surface area contributed by atoms with Crippen LogP contribution >= 0.6 is 46.4 Å². The van der Waals surface area contributed by atoms with E-state index in [1.54, 1.807) is 38.5 Å². The Kier molecular flexibility index (Phi) is 14.1. The fourth-order valence-corrected chi connectivity index (χ4v) is 7.01. The highest BCUT2D eigenvalue weighted by molar-refractivity contribution is 6.31. The topological polar surface area (TPSA) is 166 Å². The monoisotopic (exact) mass is 816 g/mol. The van der Waals surface area contributed by atoms with Gasteiger partial charge in [-0.15, -0.1) is 0 Å². The van der Waals surface area contributed by atoms with Gasteiger partial charge < -0.3 is 26.2 Å². The fourth-order valence-electron chi connectivity index (χ4n) is 6.44. The van der Waals surface area contributed by atoms with E-state index in [2.05, 4.69) is 30.4 Å². The van der Waals surface area contributed by atoms with Gasteiger partial charge in [0.1, 0.15) is 0 Å². The summed E-state index contributed by atoms with van der Waals surface area (Å²) in [6.07, 6.45) is 3.00. The molecule has 2 aromatic carbocycles. The molecule has 2 saturated heterocycles. The smallest absolute Gasteiger partial charge is 0.313 e. The minimum absolute atomic E-state index is 0.00153. The van der Waals surface area contributed by atoms with E-state index in [4.69, 9.17) is 52.1 Å². The van der Waals surface area contributed by atoms with Crippen molar-refractivity contribution < 1.29 is 14.5 Å². The van der Waals surface area contributed by atoms with Crippen LogP contribution in [-0.4, -0.2) is 103 Å². The average Bonchev–Trinajstić information content (AvgIpc) is 3.16. The van der Waals surface area contributed by atoms with Crippen LogP contribution in [0.15, 0.2) is 73.1 Å². The summed E-state index contributed by atoms with van der Waals surface area (Å²) in [5.74, 6) is 0.874. The number of piperazine rings is 2. The van der Waals surface area contributed by atoms with Crippen molar-refractivity contribution in [2.75, 3.05) is 82.0 Å². The summed E-state index contributed by atoms with van der Waals surface area (Å²) >= 11 is 24.0. The van der Waals surface area contributed by atoms with Gasteiger partial charge in [-0.2, -0.15) is 0 Å². The molecule has 0 aliphatic carbocycles. The number of nitrogens with zero attached hydrogens (tertiary/aromatic N) is 7. The number of likely N-dealkylation sites (N-methyl/N-ethyl adjacent to an activating group) is 2. The number of halogens is 4. The number of hydrogen-bond donors (Lipinski definition) is 3. The van der Waals surface area contributed by atoms with Crippen molar-refractivity contribution in [3.05, 3.63) is 114 Å². The minimum atomic E-state index is -0.482. The van der Waals surface area contributed by atoms with Gasteiger partial charge in [0.05, 0.1) is 45.8 Å². The number of carbonyl (C=O) groups is 2. The van der Waals surface area contributed by atoms with Crippen LogP contribution in [0.2, 0.25) is 20.1 Å². The lowest BCUT2D eigenvalue weighted by Crippen LogP contribution is -2.51. The maximum atomic E-state index is 11.8. The third-order valence-electron chi connectivity index (χ3n) is 9.15. The fraction of sp³-hybridized carbons (Fsp3) is 0.333. The molecule has 18 heteroatoms. The zero-order chi connectivity index (χ0) is 38.9. The number of nitrogens with one attached hydrogen (secondary N) is 2. The molecular formula is C36H40Cl4N10O4. The number of pyridine rings is 2. The minimum Gasteiger partial charge on any atom is -0.396 e. The van der Waals surface area contributed by atoms with Crippen LogP contribution in [-0.2, 0) is 9.59 Å². The van der Waals surface area contributed by atoms with Crippen molar-refractivity contribution in [1.29, 1.82) is 0 Å². The van der Waals surface area contributed by atoms with Crippen LogP contribution in [0.25, 0.3) is 0 Å². The van der Waals surface area contributed by atoms with E-state index >= 15 is 0 Å². The lowest BCUT2D eigenvalue weighted by molar-refractivity contribution is -0.384. The largest absolute Gasteiger partial charge is 0.396 e. The quantitative estimate of drug-likeness (QED) is 0.145. The van der Waals surface area contributed by atoms with E-state index < -0.39 is 4.92 Å². The Morgan fingerprint density at radius 1 is 0.722 bits per heavy atom. The van der Waals surface area contributed by atoms with Crippen molar-refractivity contribution in [2.45, 2.75) is 12.1 Å². The highest BCUT2D eigenvalue weighted by Gasteiger charge is 2.34. The Labute approximate surface area is 333 Å². The van der Waals surface area contributed by atoms with E-state index in [1.165, 1.54) is 12.3 Å². The number of benzene rings is 2. The Hall–Kier alpha value is -4.44. The summed E-state index contributed by atoms with van der Waals surface area (Å²) in [4.78, 5) is 51.5. The lowest BCUT2D eigenvalue weighted by Gasteiger charge is -2.42. The van der Waals surface area contributed by atoms with Crippen LogP contribution in [0.3, 0.4) is 0 Å². The molecule has 14 nitrogen and oxygen atoms in total. The van der Waals surface area contributed by atoms with Gasteiger partial charge in [0.25, 0.3) is 0 Å². The molecule has 2 fully saturated rings. The first-order valence-electron chi connectivity index (χ1n) is 17.0. The lowest BCUT2D eigenvalue weighted by atomic mass is 10.0. The van der Waals surface area contributed by atoms with Crippen LogP contribution in [0.1, 0.15) is 23.2 Å². The summed E-state index contributed by atoms with van der Waals surface area (Å²) in [6.45, 7) is 4.28. The average molecular weight is 819 g/mol. The Balaban J connectivity index is 0.000000208. The van der Waals surface area contributed by atoms with Gasteiger partial charge in [0.15, 0.2) is 5.82 Å². The van der Waals surface area contributed by atoms with Gasteiger partial charge in [0, 0.05) is 81.9 Å². The predicted molar refractivity (Wildman–Crippen MR) is 214 cm³/mol. The summed E-state index contributed by atoms with van der Waals surface area (Å²) in [5, 5.41) is 18.8. The molecule has 4 N–H and O–H groups in total. The van der Waals surface area contributed by atoms with Crippen LogP contribution in [0, 0.1) is 10.1 Å². The van der Waals surface area contributed by atoms with Gasteiger partial charge in [-0.25, -0.2) is 9.97 Å². The number of carbonyl (C=O) groups excluding carboxylic acids is 2. The second-order valence-electron chi connectivity index (χ2n) is 12.7. The molecule has 2 aliphatic rings. The van der Waals surface area contributed by atoms with Crippen LogP contribution < -0.4 is 26.2 Å². The highest BCUT2D eigenvalue weighted by Crippen LogP contribution is 2.37. The molecule has 6 rings (SSSR count). The Morgan fingerprint density at radius 3 is 1.57 bits per heavy atom. The molecule has 2 aromatic heterocycles. The van der Waals surface area contributed by atoms with E-state index in [0.717, 1.165) is 17.7 Å². The number of nitrogens with two attached hydrogens (primary N) is 1. The molecule has 0 bridgehead atoms. The second kappa shape index (κ2) is 18.7. The molecule has 0 spiro atoms. The molecule has 0 saturated carbocycles. The van der Waals surface area contributed by atoms with Gasteiger partial charge in [-0.05, 0) is 41.5 Å². The van der Waals surface area contributed by atoms with Crippen molar-refractivity contribution in [1.82, 2.24) is 30.4 Å². The van der Waals surface area contributed by atoms with E-state index in [9.17, 15) is 19.7 Å². The third-order valence-corrected chi connectivity index (χ3v) is 10.1. The van der Waals surface area contributed by atoms with E-state index in [1.807, 2.05) is 46.2 Å². The zero-order valence-electron chi connectivity index (χ0n) is 29.6. The molecule has 54 heavy (non-hydrogen) atoms. The standard InChI is InChI=1S/C18H19Cl2N5O3.C18H21Cl2N5O/c1-21-17(26)11-23-6-7-24(16(10-23)12-2-4-13(19)5-3-12)18-15(25(27)28)8-14(20)9-22-18;1-22-17(26)11-24-6-7-25(18-15(21)8-14(20)9-23-18)16(10-24)12-2-4-13(19)5-3-12/h2-5,8-9,16H,6-7,10-11H2,1H3,(H,21,26);2-5,8-9,16H,6-7,10-11,21H2,1H3,(H,22,26). The molecule has 2 unspecified atom stereocenters. The maximum Gasteiger partial charge on any atom is 0.313 e. The van der Waals surface area contributed by atoms with Gasteiger partial charge >= 0.3 is 5.69 Å². The first-order chi connectivity index (χ1) is 25.9. The maximum absolute atomic E-state index is 11.8. The third kappa shape index (κ3) is 10.4. The molecule has 4 heterocycles.